The van der Waals surface area contributed by atoms with E-state index in [-0.39, 0.29) is 11.9 Å². The molecule has 1 heterocycles. The third-order valence-electron chi connectivity index (χ3n) is 5.08. The quantitative estimate of drug-likeness (QED) is 0.745. The molecule has 1 saturated heterocycles. The van der Waals surface area contributed by atoms with Crippen LogP contribution < -0.4 is 4.90 Å². The number of benzene rings is 2. The molecule has 1 aliphatic rings. The molecule has 144 valence electrons. The van der Waals surface area contributed by atoms with Crippen molar-refractivity contribution in [3.8, 4) is 0 Å². The third kappa shape index (κ3) is 5.57. The van der Waals surface area contributed by atoms with E-state index in [1.54, 1.807) is 0 Å². The molecule has 4 nitrogen and oxygen atoms in total. The Labute approximate surface area is 162 Å². The molecule has 0 spiro atoms. The van der Waals surface area contributed by atoms with Crippen LogP contribution in [0.15, 0.2) is 54.6 Å². The summed E-state index contributed by atoms with van der Waals surface area (Å²) < 4.78 is 5.41. The highest BCUT2D eigenvalue weighted by Crippen LogP contribution is 2.18. The second-order valence-electron chi connectivity index (χ2n) is 7.37. The summed E-state index contributed by atoms with van der Waals surface area (Å²) >= 11 is 0. The summed E-state index contributed by atoms with van der Waals surface area (Å²) in [6, 6.07) is 19.0. The minimum atomic E-state index is 0.196. The SMILES string of the molecule is CC(C)N(Cc1ccccc1)C(=O)CCc1ccc(N2CCOCC2)cc1. The largest absolute Gasteiger partial charge is 0.378 e. The molecule has 2 aromatic rings. The van der Waals surface area contributed by atoms with Crippen molar-refractivity contribution < 1.29 is 9.53 Å². The fourth-order valence-corrected chi connectivity index (χ4v) is 3.43. The van der Waals surface area contributed by atoms with Crippen LogP contribution in [0.5, 0.6) is 0 Å². The summed E-state index contributed by atoms with van der Waals surface area (Å²) in [6.07, 6.45) is 1.32. The Morgan fingerprint density at radius 2 is 1.67 bits per heavy atom. The van der Waals surface area contributed by atoms with Gasteiger partial charge in [0.15, 0.2) is 0 Å². The molecule has 27 heavy (non-hydrogen) atoms. The molecular formula is C23H30N2O2. The maximum atomic E-state index is 12.8. The summed E-state index contributed by atoms with van der Waals surface area (Å²) in [6.45, 7) is 8.32. The fourth-order valence-electron chi connectivity index (χ4n) is 3.43. The zero-order chi connectivity index (χ0) is 19.1. The molecule has 0 aliphatic carbocycles. The van der Waals surface area contributed by atoms with Gasteiger partial charge in [-0.1, -0.05) is 42.5 Å². The van der Waals surface area contributed by atoms with Gasteiger partial charge in [-0.3, -0.25) is 4.79 Å². The minimum absolute atomic E-state index is 0.196. The van der Waals surface area contributed by atoms with Crippen molar-refractivity contribution in [2.45, 2.75) is 39.3 Å². The second-order valence-corrected chi connectivity index (χ2v) is 7.37. The normalized spacial score (nSPS) is 14.4. The van der Waals surface area contributed by atoms with Crippen LogP contribution in [0, 0.1) is 0 Å². The maximum absolute atomic E-state index is 12.8. The van der Waals surface area contributed by atoms with Gasteiger partial charge in [-0.05, 0) is 43.5 Å². The van der Waals surface area contributed by atoms with Crippen molar-refractivity contribution in [3.63, 3.8) is 0 Å². The molecule has 1 aliphatic heterocycles. The van der Waals surface area contributed by atoms with Crippen LogP contribution in [0.1, 0.15) is 31.4 Å². The smallest absolute Gasteiger partial charge is 0.223 e. The number of rotatable bonds is 7. The fraction of sp³-hybridized carbons (Fsp3) is 0.435. The van der Waals surface area contributed by atoms with Crippen LogP contribution in [-0.4, -0.2) is 43.2 Å². The first-order chi connectivity index (χ1) is 13.1. The number of ether oxygens (including phenoxy) is 1. The highest BCUT2D eigenvalue weighted by molar-refractivity contribution is 5.76. The van der Waals surface area contributed by atoms with E-state index in [0.717, 1.165) is 32.7 Å². The minimum Gasteiger partial charge on any atom is -0.378 e. The number of hydrogen-bond acceptors (Lipinski definition) is 3. The van der Waals surface area contributed by atoms with Crippen molar-refractivity contribution in [2.24, 2.45) is 0 Å². The lowest BCUT2D eigenvalue weighted by Crippen LogP contribution is -2.36. The summed E-state index contributed by atoms with van der Waals surface area (Å²) in [4.78, 5) is 17.1. The van der Waals surface area contributed by atoms with Gasteiger partial charge in [-0.15, -0.1) is 0 Å². The first-order valence-electron chi connectivity index (χ1n) is 9.88. The van der Waals surface area contributed by atoms with Crippen LogP contribution in [0.2, 0.25) is 0 Å². The number of amides is 1. The predicted octanol–water partition coefficient (Wildman–Crippen LogP) is 3.89. The van der Waals surface area contributed by atoms with Crippen molar-refractivity contribution in [3.05, 3.63) is 65.7 Å². The number of nitrogens with zero attached hydrogens (tertiary/aromatic N) is 2. The Morgan fingerprint density at radius 1 is 1.00 bits per heavy atom. The summed E-state index contributed by atoms with van der Waals surface area (Å²) in [5, 5.41) is 0. The van der Waals surface area contributed by atoms with Crippen molar-refractivity contribution in [1.29, 1.82) is 0 Å². The van der Waals surface area contributed by atoms with E-state index < -0.39 is 0 Å². The molecular weight excluding hydrogens is 336 g/mol. The lowest BCUT2D eigenvalue weighted by molar-refractivity contribution is -0.133. The lowest BCUT2D eigenvalue weighted by Gasteiger charge is -2.29. The Hall–Kier alpha value is -2.33. The van der Waals surface area contributed by atoms with Crippen LogP contribution in [0.4, 0.5) is 5.69 Å². The number of anilines is 1. The van der Waals surface area contributed by atoms with Crippen LogP contribution in [0.25, 0.3) is 0 Å². The molecule has 0 saturated carbocycles. The molecule has 0 N–H and O–H groups in total. The number of hydrogen-bond donors (Lipinski definition) is 0. The van der Waals surface area contributed by atoms with Crippen LogP contribution in [0.3, 0.4) is 0 Å². The van der Waals surface area contributed by atoms with Gasteiger partial charge in [0.2, 0.25) is 5.91 Å². The second kappa shape index (κ2) is 9.56. The molecule has 2 aromatic carbocycles. The zero-order valence-electron chi connectivity index (χ0n) is 16.4. The molecule has 0 unspecified atom stereocenters. The highest BCUT2D eigenvalue weighted by atomic mass is 16.5. The lowest BCUT2D eigenvalue weighted by atomic mass is 10.1. The first-order valence-corrected chi connectivity index (χ1v) is 9.88. The average molecular weight is 367 g/mol. The van der Waals surface area contributed by atoms with Crippen molar-refractivity contribution in [1.82, 2.24) is 4.90 Å². The number of carbonyl (C=O) groups is 1. The number of carbonyl (C=O) groups excluding carboxylic acids is 1. The van der Waals surface area contributed by atoms with E-state index in [1.165, 1.54) is 16.8 Å². The molecule has 1 fully saturated rings. The van der Waals surface area contributed by atoms with Gasteiger partial charge < -0.3 is 14.5 Å². The summed E-state index contributed by atoms with van der Waals surface area (Å²) in [7, 11) is 0. The van der Waals surface area contributed by atoms with Crippen molar-refractivity contribution >= 4 is 11.6 Å². The van der Waals surface area contributed by atoms with Crippen molar-refractivity contribution in [2.75, 3.05) is 31.2 Å². The van der Waals surface area contributed by atoms with Gasteiger partial charge in [0.25, 0.3) is 0 Å². The van der Waals surface area contributed by atoms with E-state index in [0.29, 0.717) is 13.0 Å². The number of morpholine rings is 1. The molecule has 0 bridgehead atoms. The van der Waals surface area contributed by atoms with E-state index in [1.807, 2.05) is 23.1 Å². The van der Waals surface area contributed by atoms with E-state index in [4.69, 9.17) is 4.74 Å². The summed E-state index contributed by atoms with van der Waals surface area (Å²) in [5.74, 6) is 0.214. The Morgan fingerprint density at radius 3 is 2.30 bits per heavy atom. The molecule has 3 rings (SSSR count). The number of aryl methyl sites for hydroxylation is 1. The topological polar surface area (TPSA) is 32.8 Å². The van der Waals surface area contributed by atoms with Gasteiger partial charge >= 0.3 is 0 Å². The van der Waals surface area contributed by atoms with E-state index in [9.17, 15) is 4.79 Å². The van der Waals surface area contributed by atoms with Gasteiger partial charge in [-0.25, -0.2) is 0 Å². The molecule has 0 aromatic heterocycles. The van der Waals surface area contributed by atoms with Gasteiger partial charge in [0, 0.05) is 37.8 Å². The highest BCUT2D eigenvalue weighted by Gasteiger charge is 2.17. The predicted molar refractivity (Wildman–Crippen MR) is 110 cm³/mol. The average Bonchev–Trinajstić information content (AvgIpc) is 2.72. The van der Waals surface area contributed by atoms with Crippen LogP contribution >= 0.6 is 0 Å². The Bertz CT molecular complexity index is 707. The Balaban J connectivity index is 1.55. The summed E-state index contributed by atoms with van der Waals surface area (Å²) in [5.41, 5.74) is 3.62. The monoisotopic (exact) mass is 366 g/mol. The van der Waals surface area contributed by atoms with E-state index in [2.05, 4.69) is 55.1 Å². The zero-order valence-corrected chi connectivity index (χ0v) is 16.4. The molecule has 4 heteroatoms. The van der Waals surface area contributed by atoms with Gasteiger partial charge in [-0.2, -0.15) is 0 Å². The molecule has 1 amide bonds. The molecule has 0 atom stereocenters. The van der Waals surface area contributed by atoms with Gasteiger partial charge in [0.05, 0.1) is 13.2 Å². The molecule has 0 radical (unpaired) electrons. The standard InChI is InChI=1S/C23H30N2O2/c1-19(2)25(18-21-6-4-3-5-7-21)23(26)13-10-20-8-11-22(12-9-20)24-14-16-27-17-15-24/h3-9,11-12,19H,10,13-18H2,1-2H3. The van der Waals surface area contributed by atoms with Gasteiger partial charge in [0.1, 0.15) is 0 Å². The Kier molecular flexibility index (Phi) is 6.88. The maximum Gasteiger partial charge on any atom is 0.223 e. The first kappa shape index (κ1) is 19.4. The third-order valence-corrected chi connectivity index (χ3v) is 5.08. The van der Waals surface area contributed by atoms with E-state index >= 15 is 0 Å². The van der Waals surface area contributed by atoms with Crippen LogP contribution in [-0.2, 0) is 22.5 Å².